The first kappa shape index (κ1) is 12.2. The maximum atomic E-state index is 13.1. The predicted molar refractivity (Wildman–Crippen MR) is 60.5 cm³/mol. The molecule has 1 heterocycles. The van der Waals surface area contributed by atoms with E-state index in [4.69, 9.17) is 5.11 Å². The second-order valence-corrected chi connectivity index (χ2v) is 3.90. The number of fused-ring (bicyclic) bond motifs is 1. The number of pyridine rings is 1. The summed E-state index contributed by atoms with van der Waals surface area (Å²) in [5.74, 6) is -3.37. The van der Waals surface area contributed by atoms with Gasteiger partial charge in [-0.1, -0.05) is 0 Å². The molecule has 0 aliphatic carbocycles. The van der Waals surface area contributed by atoms with E-state index in [2.05, 4.69) is 0 Å². The Morgan fingerprint density at radius 1 is 1.33 bits per heavy atom. The zero-order chi connectivity index (χ0) is 13.4. The Morgan fingerprint density at radius 3 is 2.56 bits per heavy atom. The summed E-state index contributed by atoms with van der Waals surface area (Å²) in [6, 6.07) is 1.98. The van der Waals surface area contributed by atoms with E-state index in [1.54, 1.807) is 0 Å². The number of hydrogen-bond donors (Lipinski definition) is 1. The van der Waals surface area contributed by atoms with E-state index in [9.17, 15) is 18.4 Å². The van der Waals surface area contributed by atoms with Crippen LogP contribution in [0.3, 0.4) is 0 Å². The zero-order valence-electron chi connectivity index (χ0n) is 9.35. The van der Waals surface area contributed by atoms with Gasteiger partial charge in [-0.2, -0.15) is 0 Å². The van der Waals surface area contributed by atoms with Crippen molar-refractivity contribution in [2.75, 3.05) is 0 Å². The van der Waals surface area contributed by atoms with Gasteiger partial charge in [-0.25, -0.2) is 13.6 Å². The number of carbonyl (C=O) groups is 1. The monoisotopic (exact) mass is 253 g/mol. The number of carboxylic acid groups (broad SMARTS) is 1. The Bertz CT molecular complexity index is 694. The molecule has 0 fully saturated rings. The number of rotatable bonds is 2. The Balaban J connectivity index is 2.75. The molecule has 4 nitrogen and oxygen atoms in total. The molecule has 0 amide bonds. The molecule has 0 saturated carbocycles. The van der Waals surface area contributed by atoms with Crippen LogP contribution in [-0.2, 0) is 4.79 Å². The molecular formula is C12H9F2NO3. The quantitative estimate of drug-likeness (QED) is 0.889. The van der Waals surface area contributed by atoms with Crippen LogP contribution < -0.4 is 5.56 Å². The Hall–Kier alpha value is -2.24. The molecule has 0 aliphatic rings. The lowest BCUT2D eigenvalue weighted by molar-refractivity contribution is -0.140. The van der Waals surface area contributed by atoms with Gasteiger partial charge in [0.25, 0.3) is 5.56 Å². The summed E-state index contributed by atoms with van der Waals surface area (Å²) in [5, 5.41) is 9.01. The second kappa shape index (κ2) is 4.21. The minimum absolute atomic E-state index is 0.0514. The second-order valence-electron chi connectivity index (χ2n) is 3.90. The van der Waals surface area contributed by atoms with Crippen molar-refractivity contribution in [2.24, 2.45) is 0 Å². The first-order valence-electron chi connectivity index (χ1n) is 5.14. The minimum atomic E-state index is -1.18. The molecule has 2 aromatic rings. The van der Waals surface area contributed by atoms with Gasteiger partial charge in [-0.15, -0.1) is 0 Å². The summed E-state index contributed by atoms with van der Waals surface area (Å²) >= 11 is 0. The molecule has 0 saturated heterocycles. The lowest BCUT2D eigenvalue weighted by atomic mass is 10.1. The third-order valence-electron chi connectivity index (χ3n) is 2.75. The average Bonchev–Trinajstić information content (AvgIpc) is 2.31. The summed E-state index contributed by atoms with van der Waals surface area (Å²) in [5.41, 5.74) is -0.665. The molecule has 0 aliphatic heterocycles. The lowest BCUT2D eigenvalue weighted by Gasteiger charge is -2.11. The molecule has 1 aromatic carbocycles. The minimum Gasteiger partial charge on any atom is -0.480 e. The fourth-order valence-electron chi connectivity index (χ4n) is 1.68. The third kappa shape index (κ3) is 1.85. The molecule has 0 unspecified atom stereocenters. The van der Waals surface area contributed by atoms with E-state index >= 15 is 0 Å². The van der Waals surface area contributed by atoms with Crippen LogP contribution in [0, 0.1) is 11.6 Å². The standard InChI is InChI=1S/C12H9F2NO3/c1-6(12(17)18)15-3-2-7-4-9(13)10(14)5-8(7)11(15)16/h2-6H,1H3,(H,17,18)/t6-/m1/s1. The number of carboxylic acids is 1. The first-order chi connectivity index (χ1) is 8.41. The molecule has 6 heteroatoms. The first-order valence-corrected chi connectivity index (χ1v) is 5.14. The molecule has 0 bridgehead atoms. The van der Waals surface area contributed by atoms with Crippen LogP contribution in [0.2, 0.25) is 0 Å². The van der Waals surface area contributed by atoms with Crippen molar-refractivity contribution < 1.29 is 18.7 Å². The summed E-state index contributed by atoms with van der Waals surface area (Å²) < 4.78 is 27.0. The van der Waals surface area contributed by atoms with Crippen LogP contribution in [-0.4, -0.2) is 15.6 Å². The van der Waals surface area contributed by atoms with Crippen LogP contribution >= 0.6 is 0 Å². The van der Waals surface area contributed by atoms with Gasteiger partial charge in [0.1, 0.15) is 6.04 Å². The third-order valence-corrected chi connectivity index (χ3v) is 2.75. The van der Waals surface area contributed by atoms with Gasteiger partial charge in [0.05, 0.1) is 5.39 Å². The number of nitrogens with zero attached hydrogens (tertiary/aromatic N) is 1. The molecule has 1 atom stereocenters. The number of aromatic nitrogens is 1. The summed E-state index contributed by atoms with van der Waals surface area (Å²) in [4.78, 5) is 22.8. The van der Waals surface area contributed by atoms with Gasteiger partial charge < -0.3 is 9.67 Å². The number of aliphatic carboxylic acids is 1. The SMILES string of the molecule is C[C@H](C(=O)O)n1ccc2cc(F)c(F)cc2c1=O. The van der Waals surface area contributed by atoms with Gasteiger partial charge in [-0.3, -0.25) is 4.79 Å². The van der Waals surface area contributed by atoms with E-state index in [-0.39, 0.29) is 10.8 Å². The van der Waals surface area contributed by atoms with Crippen molar-refractivity contribution in [1.82, 2.24) is 4.57 Å². The highest BCUT2D eigenvalue weighted by atomic mass is 19.2. The fourth-order valence-corrected chi connectivity index (χ4v) is 1.68. The molecule has 2 rings (SSSR count). The summed E-state index contributed by atoms with van der Waals surface area (Å²) in [6.07, 6.45) is 1.25. The average molecular weight is 253 g/mol. The largest absolute Gasteiger partial charge is 0.480 e. The van der Waals surface area contributed by atoms with Gasteiger partial charge in [-0.05, 0) is 30.5 Å². The highest BCUT2D eigenvalue weighted by Gasteiger charge is 2.16. The molecule has 0 radical (unpaired) electrons. The molecule has 94 valence electrons. The van der Waals surface area contributed by atoms with E-state index in [0.717, 1.165) is 16.7 Å². The Labute approximate surface area is 100 Å². The predicted octanol–water partition coefficient (Wildman–Crippen LogP) is 1.93. The molecule has 18 heavy (non-hydrogen) atoms. The summed E-state index contributed by atoms with van der Waals surface area (Å²) in [6.45, 7) is 1.33. The Kier molecular flexibility index (Phi) is 2.86. The molecule has 1 aromatic heterocycles. The maximum Gasteiger partial charge on any atom is 0.326 e. The van der Waals surface area contributed by atoms with Crippen LogP contribution in [0.5, 0.6) is 0 Å². The number of halogens is 2. The van der Waals surface area contributed by atoms with Gasteiger partial charge >= 0.3 is 5.97 Å². The van der Waals surface area contributed by atoms with Crippen LogP contribution in [0.15, 0.2) is 29.2 Å². The smallest absolute Gasteiger partial charge is 0.326 e. The lowest BCUT2D eigenvalue weighted by Crippen LogP contribution is -2.27. The van der Waals surface area contributed by atoms with Crippen molar-refractivity contribution in [2.45, 2.75) is 13.0 Å². The van der Waals surface area contributed by atoms with Crippen LogP contribution in [0.25, 0.3) is 10.8 Å². The van der Waals surface area contributed by atoms with Crippen molar-refractivity contribution >= 4 is 16.7 Å². The van der Waals surface area contributed by atoms with E-state index in [1.807, 2.05) is 0 Å². The summed E-state index contributed by atoms with van der Waals surface area (Å²) in [7, 11) is 0. The van der Waals surface area contributed by atoms with Crippen molar-refractivity contribution in [3.05, 3.63) is 46.4 Å². The maximum absolute atomic E-state index is 13.1. The van der Waals surface area contributed by atoms with Crippen molar-refractivity contribution in [3.63, 3.8) is 0 Å². The van der Waals surface area contributed by atoms with E-state index in [0.29, 0.717) is 0 Å². The van der Waals surface area contributed by atoms with Crippen molar-refractivity contribution in [3.8, 4) is 0 Å². The van der Waals surface area contributed by atoms with E-state index < -0.39 is 29.2 Å². The highest BCUT2D eigenvalue weighted by Crippen LogP contribution is 2.16. The fraction of sp³-hybridized carbons (Fsp3) is 0.167. The van der Waals surface area contributed by atoms with Gasteiger partial charge in [0, 0.05) is 6.20 Å². The van der Waals surface area contributed by atoms with Crippen LogP contribution in [0.1, 0.15) is 13.0 Å². The van der Waals surface area contributed by atoms with Crippen molar-refractivity contribution in [1.29, 1.82) is 0 Å². The van der Waals surface area contributed by atoms with E-state index in [1.165, 1.54) is 19.2 Å². The number of hydrogen-bond acceptors (Lipinski definition) is 2. The number of benzene rings is 1. The molecule has 1 N–H and O–H groups in total. The highest BCUT2D eigenvalue weighted by molar-refractivity contribution is 5.82. The topological polar surface area (TPSA) is 59.3 Å². The Morgan fingerprint density at radius 2 is 1.94 bits per heavy atom. The van der Waals surface area contributed by atoms with Gasteiger partial charge in [0.2, 0.25) is 0 Å². The molecule has 0 spiro atoms. The van der Waals surface area contributed by atoms with Gasteiger partial charge in [0.15, 0.2) is 11.6 Å². The normalized spacial score (nSPS) is 12.6. The zero-order valence-corrected chi connectivity index (χ0v) is 9.35. The molecular weight excluding hydrogens is 244 g/mol. The van der Waals surface area contributed by atoms with Crippen LogP contribution in [0.4, 0.5) is 8.78 Å².